The van der Waals surface area contributed by atoms with E-state index >= 15 is 0 Å². The number of carbonyl (C=O) groups is 2. The Morgan fingerprint density at radius 2 is 1.67 bits per heavy atom. The van der Waals surface area contributed by atoms with Gasteiger partial charge in [0, 0.05) is 24.5 Å². The molecule has 1 amide bonds. The molecule has 1 N–H and O–H groups in total. The number of ether oxygens (including phenoxy) is 2. The minimum absolute atomic E-state index is 0.0389. The molecular formula is C22H27NO4. The van der Waals surface area contributed by atoms with Gasteiger partial charge in [0.15, 0.2) is 5.78 Å². The van der Waals surface area contributed by atoms with Gasteiger partial charge in [0.1, 0.15) is 11.5 Å². The lowest BCUT2D eigenvalue weighted by Gasteiger charge is -2.11. The summed E-state index contributed by atoms with van der Waals surface area (Å²) >= 11 is 0. The first-order valence-electron chi connectivity index (χ1n) is 9.07. The van der Waals surface area contributed by atoms with E-state index in [1.165, 1.54) is 12.7 Å². The third-order valence-electron chi connectivity index (χ3n) is 4.18. The SMILES string of the molecule is COc1ccc(NC(=O)CCC(=O)c2ccc(CC(C)C)cc2)c(OC)c1. The zero-order valence-corrected chi connectivity index (χ0v) is 16.4. The van der Waals surface area contributed by atoms with E-state index in [1.807, 2.05) is 24.3 Å². The number of rotatable bonds is 9. The molecule has 0 aromatic heterocycles. The first-order valence-corrected chi connectivity index (χ1v) is 9.07. The van der Waals surface area contributed by atoms with Crippen molar-refractivity contribution in [3.8, 4) is 11.5 Å². The number of hydrogen-bond donors (Lipinski definition) is 1. The highest BCUT2D eigenvalue weighted by atomic mass is 16.5. The zero-order chi connectivity index (χ0) is 19.8. The van der Waals surface area contributed by atoms with Gasteiger partial charge in [-0.1, -0.05) is 38.1 Å². The molecular weight excluding hydrogens is 342 g/mol. The van der Waals surface area contributed by atoms with E-state index in [0.29, 0.717) is 28.7 Å². The van der Waals surface area contributed by atoms with Crippen LogP contribution in [0.1, 0.15) is 42.6 Å². The molecule has 0 heterocycles. The molecule has 0 aliphatic heterocycles. The molecule has 2 aromatic carbocycles. The Hall–Kier alpha value is -2.82. The number of Topliss-reactive ketones (excluding diaryl/α,β-unsaturated/α-hetero) is 1. The van der Waals surface area contributed by atoms with Crippen LogP contribution in [-0.4, -0.2) is 25.9 Å². The van der Waals surface area contributed by atoms with E-state index in [4.69, 9.17) is 9.47 Å². The van der Waals surface area contributed by atoms with Crippen LogP contribution in [0.25, 0.3) is 0 Å². The van der Waals surface area contributed by atoms with Crippen molar-refractivity contribution in [2.45, 2.75) is 33.1 Å². The van der Waals surface area contributed by atoms with Crippen LogP contribution in [0, 0.1) is 5.92 Å². The fraction of sp³-hybridized carbons (Fsp3) is 0.364. The molecule has 0 radical (unpaired) electrons. The van der Waals surface area contributed by atoms with Gasteiger partial charge in [-0.15, -0.1) is 0 Å². The molecule has 0 saturated carbocycles. The average Bonchev–Trinajstić information content (AvgIpc) is 2.66. The van der Waals surface area contributed by atoms with E-state index < -0.39 is 0 Å². The van der Waals surface area contributed by atoms with Gasteiger partial charge >= 0.3 is 0 Å². The van der Waals surface area contributed by atoms with Crippen molar-refractivity contribution in [2.24, 2.45) is 5.92 Å². The van der Waals surface area contributed by atoms with Gasteiger partial charge < -0.3 is 14.8 Å². The average molecular weight is 369 g/mol. The van der Waals surface area contributed by atoms with Crippen LogP contribution in [0.3, 0.4) is 0 Å². The highest BCUT2D eigenvalue weighted by Gasteiger charge is 2.12. The Labute approximate surface area is 160 Å². The van der Waals surface area contributed by atoms with E-state index in [0.717, 1.165) is 6.42 Å². The van der Waals surface area contributed by atoms with Gasteiger partial charge in [-0.3, -0.25) is 9.59 Å². The minimum atomic E-state index is -0.233. The summed E-state index contributed by atoms with van der Waals surface area (Å²) in [6.45, 7) is 4.32. The maximum absolute atomic E-state index is 12.3. The number of carbonyl (C=O) groups excluding carboxylic acids is 2. The van der Waals surface area contributed by atoms with Crippen LogP contribution in [-0.2, 0) is 11.2 Å². The lowest BCUT2D eigenvalue weighted by molar-refractivity contribution is -0.116. The van der Waals surface area contributed by atoms with Crippen molar-refractivity contribution in [1.82, 2.24) is 0 Å². The van der Waals surface area contributed by atoms with Crippen LogP contribution < -0.4 is 14.8 Å². The lowest BCUT2D eigenvalue weighted by atomic mass is 9.99. The predicted octanol–water partition coefficient (Wildman–Crippen LogP) is 4.50. The molecule has 0 spiro atoms. The summed E-state index contributed by atoms with van der Waals surface area (Å²) in [5, 5.41) is 2.78. The lowest BCUT2D eigenvalue weighted by Crippen LogP contribution is -2.14. The molecule has 0 saturated heterocycles. The number of methoxy groups -OCH3 is 2. The van der Waals surface area contributed by atoms with E-state index in [-0.39, 0.29) is 24.5 Å². The number of nitrogens with one attached hydrogen (secondary N) is 1. The van der Waals surface area contributed by atoms with E-state index in [9.17, 15) is 9.59 Å². The first kappa shape index (κ1) is 20.5. The van der Waals surface area contributed by atoms with Crippen LogP contribution in [0.15, 0.2) is 42.5 Å². The largest absolute Gasteiger partial charge is 0.497 e. The summed E-state index contributed by atoms with van der Waals surface area (Å²) in [6, 6.07) is 12.8. The normalized spacial score (nSPS) is 10.6. The molecule has 0 atom stereocenters. The molecule has 5 heteroatoms. The van der Waals surface area contributed by atoms with E-state index in [2.05, 4.69) is 19.2 Å². The Balaban J connectivity index is 1.90. The second-order valence-electron chi connectivity index (χ2n) is 6.83. The summed E-state index contributed by atoms with van der Waals surface area (Å²) in [4.78, 5) is 24.5. The van der Waals surface area contributed by atoms with Crippen molar-refractivity contribution < 1.29 is 19.1 Å². The fourth-order valence-corrected chi connectivity index (χ4v) is 2.78. The number of anilines is 1. The second kappa shape index (κ2) is 9.76. The van der Waals surface area contributed by atoms with Crippen LogP contribution >= 0.6 is 0 Å². The predicted molar refractivity (Wildman–Crippen MR) is 107 cm³/mol. The van der Waals surface area contributed by atoms with Gasteiger partial charge in [0.05, 0.1) is 19.9 Å². The van der Waals surface area contributed by atoms with Crippen molar-refractivity contribution in [3.05, 3.63) is 53.6 Å². The summed E-state index contributed by atoms with van der Waals surface area (Å²) in [5.74, 6) is 1.45. The highest BCUT2D eigenvalue weighted by molar-refractivity contribution is 6.00. The molecule has 0 unspecified atom stereocenters. The van der Waals surface area contributed by atoms with E-state index in [1.54, 1.807) is 25.3 Å². The maximum atomic E-state index is 12.3. The number of ketones is 1. The molecule has 0 fully saturated rings. The molecule has 27 heavy (non-hydrogen) atoms. The quantitative estimate of drug-likeness (QED) is 0.661. The molecule has 0 bridgehead atoms. The highest BCUT2D eigenvalue weighted by Crippen LogP contribution is 2.29. The van der Waals surface area contributed by atoms with Crippen LogP contribution in [0.5, 0.6) is 11.5 Å². The second-order valence-corrected chi connectivity index (χ2v) is 6.83. The Morgan fingerprint density at radius 3 is 2.26 bits per heavy atom. The van der Waals surface area contributed by atoms with Gasteiger partial charge in [0.2, 0.25) is 5.91 Å². The number of amides is 1. The third kappa shape index (κ3) is 6.13. The standard InChI is InChI=1S/C22H27NO4/c1-15(2)13-16-5-7-17(8-6-16)20(24)11-12-22(25)23-19-10-9-18(26-3)14-21(19)27-4/h5-10,14-15H,11-13H2,1-4H3,(H,23,25). The maximum Gasteiger partial charge on any atom is 0.224 e. The monoisotopic (exact) mass is 369 g/mol. The summed E-state index contributed by atoms with van der Waals surface area (Å²) in [6.07, 6.45) is 1.26. The Kier molecular flexibility index (Phi) is 7.41. The van der Waals surface area contributed by atoms with Crippen molar-refractivity contribution in [2.75, 3.05) is 19.5 Å². The van der Waals surface area contributed by atoms with Crippen LogP contribution in [0.2, 0.25) is 0 Å². The van der Waals surface area contributed by atoms with Crippen molar-refractivity contribution >= 4 is 17.4 Å². The summed E-state index contributed by atoms with van der Waals surface area (Å²) in [5.41, 5.74) is 2.40. The topological polar surface area (TPSA) is 64.6 Å². The van der Waals surface area contributed by atoms with Gasteiger partial charge in [-0.05, 0) is 30.0 Å². The minimum Gasteiger partial charge on any atom is -0.497 e. The molecule has 2 aromatic rings. The van der Waals surface area contributed by atoms with Gasteiger partial charge in [0.25, 0.3) is 0 Å². The molecule has 5 nitrogen and oxygen atoms in total. The first-order chi connectivity index (χ1) is 12.9. The summed E-state index contributed by atoms with van der Waals surface area (Å²) < 4.78 is 10.4. The van der Waals surface area contributed by atoms with Crippen molar-refractivity contribution in [1.29, 1.82) is 0 Å². The number of hydrogen-bond acceptors (Lipinski definition) is 4. The fourth-order valence-electron chi connectivity index (χ4n) is 2.78. The van der Waals surface area contributed by atoms with Gasteiger partial charge in [-0.25, -0.2) is 0 Å². The zero-order valence-electron chi connectivity index (χ0n) is 16.4. The van der Waals surface area contributed by atoms with Gasteiger partial charge in [-0.2, -0.15) is 0 Å². The van der Waals surface area contributed by atoms with Crippen LogP contribution in [0.4, 0.5) is 5.69 Å². The molecule has 0 aliphatic carbocycles. The smallest absolute Gasteiger partial charge is 0.224 e. The summed E-state index contributed by atoms with van der Waals surface area (Å²) in [7, 11) is 3.09. The molecule has 0 aliphatic rings. The Bertz CT molecular complexity index is 781. The third-order valence-corrected chi connectivity index (χ3v) is 4.18. The molecule has 2 rings (SSSR count). The number of benzene rings is 2. The Morgan fingerprint density at radius 1 is 0.963 bits per heavy atom. The molecule has 144 valence electrons. The van der Waals surface area contributed by atoms with Crippen molar-refractivity contribution in [3.63, 3.8) is 0 Å².